The number of halogens is 2. The number of thioether (sulfide) groups is 1. The number of hydrogen-bond donors (Lipinski definition) is 0. The van der Waals surface area contributed by atoms with E-state index in [0.29, 0.717) is 11.0 Å². The van der Waals surface area contributed by atoms with E-state index in [1.54, 1.807) is 42.5 Å². The molecule has 1 aromatic heterocycles. The number of para-hydroxylation sites is 2. The van der Waals surface area contributed by atoms with Crippen LogP contribution in [0.15, 0.2) is 82.8 Å². The summed E-state index contributed by atoms with van der Waals surface area (Å²) in [5, 5.41) is 0.146. The molecule has 3 aromatic carbocycles. The summed E-state index contributed by atoms with van der Waals surface area (Å²) in [5.41, 5.74) is 0.768. The molecule has 0 aliphatic carbocycles. The average Bonchev–Trinajstić information content (AvgIpc) is 3.07. The predicted octanol–water partition coefficient (Wildman–Crippen LogP) is 4.84. The van der Waals surface area contributed by atoms with Crippen molar-refractivity contribution in [3.63, 3.8) is 0 Å². The minimum absolute atomic E-state index is 0.0911. The third kappa shape index (κ3) is 3.29. The van der Waals surface area contributed by atoms with Crippen LogP contribution in [0.25, 0.3) is 11.0 Å². The van der Waals surface area contributed by atoms with Crippen molar-refractivity contribution < 1.29 is 17.2 Å². The van der Waals surface area contributed by atoms with Gasteiger partial charge in [0.1, 0.15) is 11.6 Å². The minimum atomic E-state index is -3.93. The summed E-state index contributed by atoms with van der Waals surface area (Å²) < 4.78 is 55.5. The largest absolute Gasteiger partial charge is 0.270 e. The topological polar surface area (TPSA) is 52.0 Å². The smallest absolute Gasteiger partial charge is 0.222 e. The van der Waals surface area contributed by atoms with Crippen LogP contribution in [-0.2, 0) is 15.8 Å². The molecule has 8 heteroatoms. The highest BCUT2D eigenvalue weighted by molar-refractivity contribution is 7.99. The van der Waals surface area contributed by atoms with Gasteiger partial charge in [0.2, 0.25) is 0 Å². The molecule has 1 heterocycles. The molecule has 0 saturated heterocycles. The van der Waals surface area contributed by atoms with Gasteiger partial charge in [-0.2, -0.15) is 0 Å². The predicted molar refractivity (Wildman–Crippen MR) is 105 cm³/mol. The molecule has 0 atom stereocenters. The van der Waals surface area contributed by atoms with E-state index in [2.05, 4.69) is 4.98 Å². The number of benzene rings is 3. The molecule has 28 heavy (non-hydrogen) atoms. The van der Waals surface area contributed by atoms with E-state index in [0.717, 1.165) is 15.7 Å². The van der Waals surface area contributed by atoms with Crippen molar-refractivity contribution in [3.05, 3.63) is 90.0 Å². The molecule has 0 radical (unpaired) electrons. The van der Waals surface area contributed by atoms with Gasteiger partial charge in [0.15, 0.2) is 5.16 Å². The Kier molecular flexibility index (Phi) is 4.91. The standard InChI is InChI=1S/C20H14F2N2O2S2/c21-16-9-6-10-17(22)15(16)13-27-20-23-18-11-4-5-12-19(18)24(20)28(25,26)14-7-2-1-3-8-14/h1-12H,13H2. The van der Waals surface area contributed by atoms with Crippen molar-refractivity contribution in [1.29, 1.82) is 0 Å². The van der Waals surface area contributed by atoms with Gasteiger partial charge in [-0.3, -0.25) is 0 Å². The first-order valence-corrected chi connectivity index (χ1v) is 10.7. The number of aromatic nitrogens is 2. The SMILES string of the molecule is O=S(=O)(c1ccccc1)n1c(SCc2c(F)cccc2F)nc2ccccc21. The molecule has 0 N–H and O–H groups in total. The lowest BCUT2D eigenvalue weighted by Crippen LogP contribution is -2.14. The number of imidazole rings is 1. The summed E-state index contributed by atoms with van der Waals surface area (Å²) in [5.74, 6) is -1.45. The molecule has 4 nitrogen and oxygen atoms in total. The monoisotopic (exact) mass is 416 g/mol. The Morgan fingerprint density at radius 1 is 0.857 bits per heavy atom. The average molecular weight is 416 g/mol. The first kappa shape index (κ1) is 18.6. The number of rotatable bonds is 5. The van der Waals surface area contributed by atoms with Crippen molar-refractivity contribution in [3.8, 4) is 0 Å². The van der Waals surface area contributed by atoms with Crippen molar-refractivity contribution in [2.45, 2.75) is 15.8 Å². The molecule has 142 valence electrons. The van der Waals surface area contributed by atoms with E-state index < -0.39 is 21.7 Å². The van der Waals surface area contributed by atoms with Crippen LogP contribution in [-0.4, -0.2) is 17.4 Å². The number of nitrogens with zero attached hydrogens (tertiary/aromatic N) is 2. The molecule has 0 aliphatic heterocycles. The molecular formula is C20H14F2N2O2S2. The zero-order valence-electron chi connectivity index (χ0n) is 14.4. The lowest BCUT2D eigenvalue weighted by Gasteiger charge is -2.10. The van der Waals surface area contributed by atoms with Gasteiger partial charge < -0.3 is 0 Å². The summed E-state index contributed by atoms with van der Waals surface area (Å²) in [6, 6.07) is 18.4. The Hall–Kier alpha value is -2.71. The van der Waals surface area contributed by atoms with Crippen LogP contribution in [0.4, 0.5) is 8.78 Å². The van der Waals surface area contributed by atoms with E-state index in [1.807, 2.05) is 0 Å². The summed E-state index contributed by atoms with van der Waals surface area (Å²) in [4.78, 5) is 4.49. The van der Waals surface area contributed by atoms with Gasteiger partial charge in [-0.25, -0.2) is 26.2 Å². The molecular weight excluding hydrogens is 402 g/mol. The zero-order valence-corrected chi connectivity index (χ0v) is 16.1. The van der Waals surface area contributed by atoms with Gasteiger partial charge in [-0.15, -0.1) is 0 Å². The van der Waals surface area contributed by atoms with Crippen LogP contribution in [0.5, 0.6) is 0 Å². The molecule has 0 spiro atoms. The fraction of sp³-hybridized carbons (Fsp3) is 0.0500. The lowest BCUT2D eigenvalue weighted by molar-refractivity contribution is 0.566. The third-order valence-corrected chi connectivity index (χ3v) is 6.98. The third-order valence-electron chi connectivity index (χ3n) is 4.18. The zero-order chi connectivity index (χ0) is 19.7. The molecule has 0 aliphatic rings. The molecule has 0 amide bonds. The maximum atomic E-state index is 14.0. The summed E-state index contributed by atoms with van der Waals surface area (Å²) in [7, 11) is -3.93. The van der Waals surface area contributed by atoms with Gasteiger partial charge in [0.05, 0.1) is 15.9 Å². The second kappa shape index (κ2) is 7.37. The second-order valence-electron chi connectivity index (χ2n) is 5.95. The lowest BCUT2D eigenvalue weighted by atomic mass is 10.2. The van der Waals surface area contributed by atoms with Crippen LogP contribution in [0.2, 0.25) is 0 Å². The van der Waals surface area contributed by atoms with Crippen molar-refractivity contribution in [2.75, 3.05) is 0 Å². The Morgan fingerprint density at radius 3 is 2.21 bits per heavy atom. The van der Waals surface area contributed by atoms with E-state index >= 15 is 0 Å². The van der Waals surface area contributed by atoms with Crippen LogP contribution in [0.3, 0.4) is 0 Å². The quantitative estimate of drug-likeness (QED) is 0.437. The maximum Gasteiger partial charge on any atom is 0.270 e. The summed E-state index contributed by atoms with van der Waals surface area (Å²) in [6.07, 6.45) is 0. The molecule has 0 fully saturated rings. The van der Waals surface area contributed by atoms with Crippen molar-refractivity contribution >= 4 is 32.8 Å². The first-order valence-electron chi connectivity index (χ1n) is 8.32. The van der Waals surface area contributed by atoms with Crippen LogP contribution in [0, 0.1) is 11.6 Å². The van der Waals surface area contributed by atoms with Crippen LogP contribution < -0.4 is 0 Å². The van der Waals surface area contributed by atoms with Gasteiger partial charge in [-0.05, 0) is 36.4 Å². The molecule has 4 aromatic rings. The Labute approximate surface area is 164 Å². The minimum Gasteiger partial charge on any atom is -0.222 e. The second-order valence-corrected chi connectivity index (χ2v) is 8.68. The fourth-order valence-electron chi connectivity index (χ4n) is 2.81. The first-order chi connectivity index (χ1) is 13.5. The van der Waals surface area contributed by atoms with Gasteiger partial charge in [0, 0.05) is 11.3 Å². The van der Waals surface area contributed by atoms with E-state index in [1.165, 1.54) is 30.3 Å². The van der Waals surface area contributed by atoms with Crippen molar-refractivity contribution in [2.24, 2.45) is 0 Å². The van der Waals surface area contributed by atoms with E-state index in [9.17, 15) is 17.2 Å². The molecule has 4 rings (SSSR count). The summed E-state index contributed by atoms with van der Waals surface area (Å²) >= 11 is 0.968. The Balaban J connectivity index is 1.82. The normalized spacial score (nSPS) is 11.8. The van der Waals surface area contributed by atoms with Gasteiger partial charge in [-0.1, -0.05) is 48.2 Å². The molecule has 0 bridgehead atoms. The molecule has 0 saturated carbocycles. The van der Waals surface area contributed by atoms with Crippen molar-refractivity contribution in [1.82, 2.24) is 8.96 Å². The highest BCUT2D eigenvalue weighted by atomic mass is 32.2. The Morgan fingerprint density at radius 2 is 1.50 bits per heavy atom. The highest BCUT2D eigenvalue weighted by Gasteiger charge is 2.25. The van der Waals surface area contributed by atoms with Crippen LogP contribution >= 0.6 is 11.8 Å². The van der Waals surface area contributed by atoms with Gasteiger partial charge in [0.25, 0.3) is 10.0 Å². The highest BCUT2D eigenvalue weighted by Crippen LogP contribution is 2.31. The van der Waals surface area contributed by atoms with Crippen LogP contribution in [0.1, 0.15) is 5.56 Å². The molecule has 0 unspecified atom stereocenters. The summed E-state index contributed by atoms with van der Waals surface area (Å²) in [6.45, 7) is 0. The van der Waals surface area contributed by atoms with E-state index in [4.69, 9.17) is 0 Å². The fourth-order valence-corrected chi connectivity index (χ4v) is 5.56. The maximum absolute atomic E-state index is 14.0. The number of hydrogen-bond acceptors (Lipinski definition) is 4. The Bertz CT molecular complexity index is 1240. The number of fused-ring (bicyclic) bond motifs is 1. The van der Waals surface area contributed by atoms with Gasteiger partial charge >= 0.3 is 0 Å². The van der Waals surface area contributed by atoms with E-state index in [-0.39, 0.29) is 21.4 Å².